The van der Waals surface area contributed by atoms with Gasteiger partial charge in [0.05, 0.1) is 12.6 Å². The summed E-state index contributed by atoms with van der Waals surface area (Å²) in [5, 5.41) is 1.40. The second kappa shape index (κ2) is 8.13. The third kappa shape index (κ3) is 3.77. The maximum absolute atomic E-state index is 12.5. The molecule has 2 aliphatic heterocycles. The monoisotopic (exact) mass is 361 g/mol. The fourth-order valence-electron chi connectivity index (χ4n) is 3.15. The lowest BCUT2D eigenvalue weighted by molar-refractivity contribution is -0.131. The van der Waals surface area contributed by atoms with Gasteiger partial charge in [-0.15, -0.1) is 0 Å². The van der Waals surface area contributed by atoms with Crippen LogP contribution in [-0.4, -0.2) is 58.0 Å². The quantitative estimate of drug-likeness (QED) is 0.577. The smallest absolute Gasteiger partial charge is 0.309 e. The predicted molar refractivity (Wildman–Crippen MR) is 91.5 cm³/mol. The van der Waals surface area contributed by atoms with Crippen molar-refractivity contribution < 1.29 is 19.2 Å². The van der Waals surface area contributed by atoms with Crippen LogP contribution in [0.25, 0.3) is 0 Å². The van der Waals surface area contributed by atoms with Crippen molar-refractivity contribution in [2.75, 3.05) is 13.2 Å². The first-order valence-electron chi connectivity index (χ1n) is 8.84. The molecule has 4 amide bonds. The lowest BCUT2D eigenvalue weighted by Gasteiger charge is -2.29. The van der Waals surface area contributed by atoms with Crippen molar-refractivity contribution in [1.82, 2.24) is 25.8 Å². The van der Waals surface area contributed by atoms with Gasteiger partial charge in [-0.05, 0) is 31.4 Å². The minimum Gasteiger partial charge on any atom is -0.309 e. The van der Waals surface area contributed by atoms with Gasteiger partial charge in [-0.25, -0.2) is 4.79 Å². The van der Waals surface area contributed by atoms with Gasteiger partial charge < -0.3 is 4.90 Å². The molecular formula is C17H23N5O4. The molecule has 9 nitrogen and oxygen atoms in total. The van der Waals surface area contributed by atoms with E-state index in [0.29, 0.717) is 31.6 Å². The third-order valence-electron chi connectivity index (χ3n) is 4.60. The van der Waals surface area contributed by atoms with E-state index in [0.717, 1.165) is 12.8 Å². The molecule has 9 heteroatoms. The van der Waals surface area contributed by atoms with Gasteiger partial charge in [0.15, 0.2) is 0 Å². The second-order valence-electron chi connectivity index (χ2n) is 6.37. The zero-order valence-electron chi connectivity index (χ0n) is 14.7. The summed E-state index contributed by atoms with van der Waals surface area (Å²) in [7, 11) is 0. The van der Waals surface area contributed by atoms with Gasteiger partial charge in [-0.1, -0.05) is 13.3 Å². The number of aromatic nitrogens is 1. The van der Waals surface area contributed by atoms with E-state index in [9.17, 15) is 14.4 Å². The number of hydrogen-bond donors (Lipinski definition) is 2. The maximum Gasteiger partial charge on any atom is 0.345 e. The molecule has 0 spiro atoms. The van der Waals surface area contributed by atoms with Crippen molar-refractivity contribution >= 4 is 17.8 Å². The number of rotatable bonds is 6. The van der Waals surface area contributed by atoms with E-state index in [2.05, 4.69) is 22.8 Å². The summed E-state index contributed by atoms with van der Waals surface area (Å²) in [6, 6.07) is 2.17. The van der Waals surface area contributed by atoms with Crippen LogP contribution < -0.4 is 10.9 Å². The van der Waals surface area contributed by atoms with Gasteiger partial charge in [-0.2, -0.15) is 5.06 Å². The predicted octanol–water partition coefficient (Wildman–Crippen LogP) is 0.843. The fourth-order valence-corrected chi connectivity index (χ4v) is 3.15. The Morgan fingerprint density at radius 1 is 1.27 bits per heavy atom. The van der Waals surface area contributed by atoms with E-state index in [-0.39, 0.29) is 12.1 Å². The number of hydroxylamine groups is 2. The summed E-state index contributed by atoms with van der Waals surface area (Å²) in [6.45, 7) is 3.00. The molecule has 1 aromatic rings. The van der Waals surface area contributed by atoms with Gasteiger partial charge in [0, 0.05) is 24.5 Å². The molecule has 0 radical (unpaired) electrons. The van der Waals surface area contributed by atoms with Crippen molar-refractivity contribution in [2.24, 2.45) is 0 Å². The van der Waals surface area contributed by atoms with Crippen LogP contribution in [0.1, 0.15) is 43.0 Å². The molecule has 2 N–H and O–H groups in total. The SMILES string of the molecule is CCCCON1C(=O)N2C[C@@H]1CC[C@H]2C(=O)NNC(=O)c1ccncc1. The molecule has 26 heavy (non-hydrogen) atoms. The maximum atomic E-state index is 12.5. The molecule has 0 aromatic carbocycles. The van der Waals surface area contributed by atoms with Gasteiger partial charge in [0.25, 0.3) is 11.8 Å². The summed E-state index contributed by atoms with van der Waals surface area (Å²) in [5.41, 5.74) is 5.17. The van der Waals surface area contributed by atoms with Gasteiger partial charge in [0.1, 0.15) is 6.04 Å². The molecule has 3 heterocycles. The van der Waals surface area contributed by atoms with Crippen LogP contribution in [0.15, 0.2) is 24.5 Å². The summed E-state index contributed by atoms with van der Waals surface area (Å²) in [6.07, 6.45) is 6.06. The Kier molecular flexibility index (Phi) is 5.67. The van der Waals surface area contributed by atoms with Crippen LogP contribution in [0, 0.1) is 0 Å². The van der Waals surface area contributed by atoms with Crippen LogP contribution >= 0.6 is 0 Å². The Morgan fingerprint density at radius 2 is 2.04 bits per heavy atom. The largest absolute Gasteiger partial charge is 0.345 e. The van der Waals surface area contributed by atoms with E-state index in [4.69, 9.17) is 4.84 Å². The minimum absolute atomic E-state index is 0.0187. The molecule has 0 saturated carbocycles. The van der Waals surface area contributed by atoms with Crippen LogP contribution in [-0.2, 0) is 9.63 Å². The Morgan fingerprint density at radius 3 is 2.77 bits per heavy atom. The number of amides is 4. The highest BCUT2D eigenvalue weighted by molar-refractivity contribution is 5.96. The van der Waals surface area contributed by atoms with Gasteiger partial charge >= 0.3 is 6.03 Å². The topological polar surface area (TPSA) is 104 Å². The molecule has 2 aliphatic rings. The lowest BCUT2D eigenvalue weighted by Crippen LogP contribution is -2.54. The molecule has 0 aliphatic carbocycles. The third-order valence-corrected chi connectivity index (χ3v) is 4.60. The highest BCUT2D eigenvalue weighted by Crippen LogP contribution is 2.30. The summed E-state index contributed by atoms with van der Waals surface area (Å²) in [4.78, 5) is 47.9. The van der Waals surface area contributed by atoms with Gasteiger partial charge in [0.2, 0.25) is 0 Å². The Bertz CT molecular complexity index is 668. The Balaban J connectivity index is 1.54. The first-order valence-corrected chi connectivity index (χ1v) is 8.84. The number of pyridine rings is 1. The Labute approximate surface area is 151 Å². The number of nitrogens with zero attached hydrogens (tertiary/aromatic N) is 3. The standard InChI is InChI=1S/C17H23N5O4/c1-2-3-10-26-22-13-4-5-14(21(11-13)17(22)25)16(24)20-19-15(23)12-6-8-18-9-7-12/h6-9,13-14H,2-5,10-11H2,1H3,(H,19,23)(H,20,24)/t13-,14-/m0/s1. The average molecular weight is 361 g/mol. The van der Waals surface area contributed by atoms with Crippen molar-refractivity contribution in [3.05, 3.63) is 30.1 Å². The van der Waals surface area contributed by atoms with Crippen molar-refractivity contribution in [3.63, 3.8) is 0 Å². The molecule has 3 rings (SSSR count). The lowest BCUT2D eigenvalue weighted by atomic mass is 10.0. The van der Waals surface area contributed by atoms with E-state index in [1.165, 1.54) is 22.4 Å². The number of urea groups is 1. The number of nitrogens with one attached hydrogen (secondary N) is 2. The van der Waals surface area contributed by atoms with Crippen molar-refractivity contribution in [3.8, 4) is 0 Å². The molecule has 2 saturated heterocycles. The fraction of sp³-hybridized carbons (Fsp3) is 0.529. The molecule has 1 aromatic heterocycles. The molecule has 0 unspecified atom stereocenters. The van der Waals surface area contributed by atoms with E-state index in [1.54, 1.807) is 12.1 Å². The number of unbranched alkanes of at least 4 members (excludes halogenated alkanes) is 1. The first-order chi connectivity index (χ1) is 12.6. The normalized spacial score (nSPS) is 21.7. The summed E-state index contributed by atoms with van der Waals surface area (Å²) >= 11 is 0. The number of carbonyl (C=O) groups is 3. The summed E-state index contributed by atoms with van der Waals surface area (Å²) in [5.74, 6) is -0.846. The average Bonchev–Trinajstić information content (AvgIpc) is 2.91. The van der Waals surface area contributed by atoms with Crippen LogP contribution in [0.5, 0.6) is 0 Å². The first kappa shape index (κ1) is 18.1. The minimum atomic E-state index is -0.615. The molecule has 2 fully saturated rings. The molecule has 2 atom stereocenters. The van der Waals surface area contributed by atoms with Gasteiger partial charge in [-0.3, -0.25) is 30.3 Å². The van der Waals surface area contributed by atoms with Crippen LogP contribution in [0.3, 0.4) is 0 Å². The highest BCUT2D eigenvalue weighted by atomic mass is 16.7. The number of piperidine rings is 1. The van der Waals surface area contributed by atoms with E-state index < -0.39 is 17.9 Å². The zero-order chi connectivity index (χ0) is 18.5. The van der Waals surface area contributed by atoms with Crippen LogP contribution in [0.2, 0.25) is 0 Å². The van der Waals surface area contributed by atoms with E-state index in [1.807, 2.05) is 0 Å². The Hall–Kier alpha value is -2.68. The van der Waals surface area contributed by atoms with Crippen molar-refractivity contribution in [1.29, 1.82) is 0 Å². The molecule has 140 valence electrons. The number of hydrogen-bond acceptors (Lipinski definition) is 5. The van der Waals surface area contributed by atoms with Crippen molar-refractivity contribution in [2.45, 2.75) is 44.7 Å². The zero-order valence-corrected chi connectivity index (χ0v) is 14.7. The number of hydrazine groups is 1. The second-order valence-corrected chi connectivity index (χ2v) is 6.37. The summed E-state index contributed by atoms with van der Waals surface area (Å²) < 4.78 is 0. The highest BCUT2D eigenvalue weighted by Gasteiger charge is 2.47. The number of carbonyl (C=O) groups excluding carboxylic acids is 3. The molecule has 2 bridgehead atoms. The molecular weight excluding hydrogens is 338 g/mol. The van der Waals surface area contributed by atoms with E-state index >= 15 is 0 Å². The van der Waals surface area contributed by atoms with Crippen LogP contribution in [0.4, 0.5) is 4.79 Å². The number of fused-ring (bicyclic) bond motifs is 2.